The molecule has 0 aromatic heterocycles. The number of carbonyl (C=O) groups is 1. The lowest BCUT2D eigenvalue weighted by Crippen LogP contribution is -2.03. The number of halogens is 1. The summed E-state index contributed by atoms with van der Waals surface area (Å²) >= 11 is 5.69. The molecule has 0 aliphatic rings. The zero-order valence-electron chi connectivity index (χ0n) is 7.16. The van der Waals surface area contributed by atoms with E-state index in [1.165, 1.54) is 12.1 Å². The van der Waals surface area contributed by atoms with Crippen molar-refractivity contribution < 1.29 is 14.6 Å². The predicted molar refractivity (Wildman–Crippen MR) is 52.7 cm³/mol. The monoisotopic (exact) mass is 210 g/mol. The van der Waals surface area contributed by atoms with E-state index in [9.17, 15) is 4.79 Å². The van der Waals surface area contributed by atoms with Crippen LogP contribution in [0.5, 0.6) is 5.75 Å². The van der Waals surface area contributed by atoms with E-state index in [0.717, 1.165) is 0 Å². The molecule has 0 spiro atoms. The molecule has 3 nitrogen and oxygen atoms in total. The minimum atomic E-state index is -1.14. The molecule has 0 saturated heterocycles. The summed E-state index contributed by atoms with van der Waals surface area (Å²) in [6, 6.07) is 4.58. The summed E-state index contributed by atoms with van der Waals surface area (Å²) < 4.78 is 5.03. The van der Waals surface area contributed by atoms with Gasteiger partial charge < -0.3 is 9.84 Å². The molecule has 1 N–H and O–H groups in total. The van der Waals surface area contributed by atoms with Crippen LogP contribution in [0.25, 0.3) is 0 Å². The Kier molecular flexibility index (Phi) is 3.38. The Hall–Kier alpha value is -1.66. The van der Waals surface area contributed by atoms with E-state index in [2.05, 4.69) is 5.92 Å². The molecule has 0 fully saturated rings. The molecule has 1 aromatic rings. The van der Waals surface area contributed by atoms with Gasteiger partial charge in [-0.1, -0.05) is 23.6 Å². The van der Waals surface area contributed by atoms with Crippen molar-refractivity contribution in [3.05, 3.63) is 28.8 Å². The van der Waals surface area contributed by atoms with E-state index in [4.69, 9.17) is 27.9 Å². The highest BCUT2D eigenvalue weighted by atomic mass is 35.5. The number of hydrogen-bond donors (Lipinski definition) is 1. The molecular weight excluding hydrogens is 204 g/mol. The lowest BCUT2D eigenvalue weighted by Gasteiger charge is -2.06. The topological polar surface area (TPSA) is 46.5 Å². The standard InChI is InChI=1S/C10H7ClO3/c1-2-6-14-8-5-3-4-7(11)9(8)10(12)13/h1,3-5H,6H2,(H,12,13). The van der Waals surface area contributed by atoms with Crippen LogP contribution in [0.1, 0.15) is 10.4 Å². The van der Waals surface area contributed by atoms with Crippen molar-refractivity contribution in [1.29, 1.82) is 0 Å². The first-order chi connectivity index (χ1) is 6.66. The van der Waals surface area contributed by atoms with Crippen LogP contribution in [0.3, 0.4) is 0 Å². The van der Waals surface area contributed by atoms with Crippen LogP contribution in [0.4, 0.5) is 0 Å². The number of carboxylic acid groups (broad SMARTS) is 1. The summed E-state index contributed by atoms with van der Waals surface area (Å²) in [4.78, 5) is 10.8. The van der Waals surface area contributed by atoms with Crippen molar-refractivity contribution in [2.75, 3.05) is 6.61 Å². The van der Waals surface area contributed by atoms with Crippen molar-refractivity contribution in [2.24, 2.45) is 0 Å². The van der Waals surface area contributed by atoms with Crippen LogP contribution in [-0.2, 0) is 0 Å². The lowest BCUT2D eigenvalue weighted by molar-refractivity contribution is 0.0693. The summed E-state index contributed by atoms with van der Waals surface area (Å²) in [7, 11) is 0. The molecule has 0 aliphatic carbocycles. The highest BCUT2D eigenvalue weighted by Gasteiger charge is 2.14. The smallest absolute Gasteiger partial charge is 0.341 e. The molecule has 0 radical (unpaired) electrons. The Balaban J connectivity index is 3.09. The highest BCUT2D eigenvalue weighted by Crippen LogP contribution is 2.26. The maximum absolute atomic E-state index is 10.8. The van der Waals surface area contributed by atoms with E-state index < -0.39 is 5.97 Å². The number of benzene rings is 1. The molecule has 14 heavy (non-hydrogen) atoms. The van der Waals surface area contributed by atoms with Gasteiger partial charge in [-0.25, -0.2) is 4.79 Å². The quantitative estimate of drug-likeness (QED) is 0.777. The summed E-state index contributed by atoms with van der Waals surface area (Å²) in [6.07, 6.45) is 4.99. The third kappa shape index (κ3) is 2.18. The van der Waals surface area contributed by atoms with Gasteiger partial charge >= 0.3 is 5.97 Å². The zero-order valence-corrected chi connectivity index (χ0v) is 7.91. The van der Waals surface area contributed by atoms with Crippen LogP contribution in [0.15, 0.2) is 18.2 Å². The largest absolute Gasteiger partial charge is 0.480 e. The van der Waals surface area contributed by atoms with Crippen LogP contribution >= 0.6 is 11.6 Å². The molecule has 0 unspecified atom stereocenters. The number of ether oxygens (including phenoxy) is 1. The number of aromatic carboxylic acids is 1. The first kappa shape index (κ1) is 10.4. The molecular formula is C10H7ClO3. The Bertz CT molecular complexity index is 393. The van der Waals surface area contributed by atoms with E-state index in [0.29, 0.717) is 0 Å². The number of carboxylic acids is 1. The molecule has 72 valence electrons. The van der Waals surface area contributed by atoms with Crippen LogP contribution in [-0.4, -0.2) is 17.7 Å². The summed E-state index contributed by atoms with van der Waals surface area (Å²) in [5.74, 6) is 1.29. The zero-order chi connectivity index (χ0) is 10.6. The van der Waals surface area contributed by atoms with Crippen LogP contribution in [0, 0.1) is 12.3 Å². The third-order valence-corrected chi connectivity index (χ3v) is 1.82. The summed E-state index contributed by atoms with van der Waals surface area (Å²) in [5, 5.41) is 8.96. The van der Waals surface area contributed by atoms with Gasteiger partial charge in [-0.2, -0.15) is 0 Å². The number of rotatable bonds is 3. The Morgan fingerprint density at radius 3 is 2.93 bits per heavy atom. The van der Waals surface area contributed by atoms with Crippen molar-refractivity contribution in [1.82, 2.24) is 0 Å². The van der Waals surface area contributed by atoms with Gasteiger partial charge in [0.25, 0.3) is 0 Å². The number of terminal acetylenes is 1. The lowest BCUT2D eigenvalue weighted by atomic mass is 10.2. The van der Waals surface area contributed by atoms with Crippen LogP contribution in [0.2, 0.25) is 5.02 Å². The molecule has 0 atom stereocenters. The van der Waals surface area contributed by atoms with Gasteiger partial charge in [-0.05, 0) is 12.1 Å². The van der Waals surface area contributed by atoms with Crippen molar-refractivity contribution >= 4 is 17.6 Å². The van der Waals surface area contributed by atoms with Gasteiger partial charge in [-0.3, -0.25) is 0 Å². The molecule has 0 heterocycles. The SMILES string of the molecule is C#CCOc1cccc(Cl)c1C(=O)O. The van der Waals surface area contributed by atoms with Gasteiger partial charge in [0.15, 0.2) is 0 Å². The van der Waals surface area contributed by atoms with Gasteiger partial charge in [0.05, 0.1) is 5.02 Å². The Labute approximate surface area is 86.3 Å². The second kappa shape index (κ2) is 4.54. The first-order valence-electron chi connectivity index (χ1n) is 3.75. The minimum Gasteiger partial charge on any atom is -0.480 e. The van der Waals surface area contributed by atoms with Crippen molar-refractivity contribution in [3.63, 3.8) is 0 Å². The van der Waals surface area contributed by atoms with Gasteiger partial charge in [0.1, 0.15) is 17.9 Å². The minimum absolute atomic E-state index is 0.0145. The van der Waals surface area contributed by atoms with E-state index in [1.807, 2.05) is 0 Å². The number of hydrogen-bond acceptors (Lipinski definition) is 2. The molecule has 0 bridgehead atoms. The molecule has 0 saturated carbocycles. The van der Waals surface area contributed by atoms with E-state index in [1.54, 1.807) is 6.07 Å². The molecule has 4 heteroatoms. The van der Waals surface area contributed by atoms with Gasteiger partial charge in [0, 0.05) is 0 Å². The fourth-order valence-electron chi connectivity index (χ4n) is 0.952. The average molecular weight is 211 g/mol. The molecule has 1 rings (SSSR count). The molecule has 0 amide bonds. The fourth-order valence-corrected chi connectivity index (χ4v) is 1.20. The maximum atomic E-state index is 10.8. The second-order valence-electron chi connectivity index (χ2n) is 2.41. The van der Waals surface area contributed by atoms with Crippen LogP contribution < -0.4 is 4.74 Å². The second-order valence-corrected chi connectivity index (χ2v) is 2.82. The Morgan fingerprint density at radius 2 is 2.36 bits per heavy atom. The van der Waals surface area contributed by atoms with Crippen molar-refractivity contribution in [2.45, 2.75) is 0 Å². The highest BCUT2D eigenvalue weighted by molar-refractivity contribution is 6.33. The summed E-state index contributed by atoms with van der Waals surface area (Å²) in [5.41, 5.74) is -0.0654. The van der Waals surface area contributed by atoms with E-state index >= 15 is 0 Å². The van der Waals surface area contributed by atoms with Gasteiger partial charge in [0.2, 0.25) is 0 Å². The fraction of sp³-hybridized carbons (Fsp3) is 0.100. The Morgan fingerprint density at radius 1 is 1.64 bits per heavy atom. The molecule has 0 aliphatic heterocycles. The third-order valence-electron chi connectivity index (χ3n) is 1.50. The summed E-state index contributed by atoms with van der Waals surface area (Å²) in [6.45, 7) is 0.0145. The first-order valence-corrected chi connectivity index (χ1v) is 4.12. The van der Waals surface area contributed by atoms with Gasteiger partial charge in [-0.15, -0.1) is 6.42 Å². The predicted octanol–water partition coefficient (Wildman–Crippen LogP) is 2.05. The van der Waals surface area contributed by atoms with E-state index in [-0.39, 0.29) is 22.9 Å². The average Bonchev–Trinajstić information content (AvgIpc) is 2.14. The maximum Gasteiger partial charge on any atom is 0.341 e. The molecule has 1 aromatic carbocycles. The normalized spacial score (nSPS) is 9.14. The van der Waals surface area contributed by atoms with Crippen molar-refractivity contribution in [3.8, 4) is 18.1 Å².